The van der Waals surface area contributed by atoms with Gasteiger partial charge in [0.2, 0.25) is 0 Å². The van der Waals surface area contributed by atoms with Crippen molar-refractivity contribution < 1.29 is 14.6 Å². The van der Waals surface area contributed by atoms with Gasteiger partial charge in [0.15, 0.2) is 0 Å². The topological polar surface area (TPSA) is 95.3 Å². The SMILES string of the molecule is CC(=O)OC(C)(C)CC(C)(C)C(O)C(C)(C)CC(C)(C)N=[N+]=[N-]. The maximum atomic E-state index is 11.2. The number of azide groups is 1. The molecule has 0 rings (SSSR count). The molecule has 0 fully saturated rings. The van der Waals surface area contributed by atoms with Crippen LogP contribution in [0.3, 0.4) is 0 Å². The molecule has 0 amide bonds. The summed E-state index contributed by atoms with van der Waals surface area (Å²) in [6.45, 7) is 16.7. The zero-order chi connectivity index (χ0) is 18.7. The molecule has 0 aliphatic heterocycles. The first-order valence-electron chi connectivity index (χ1n) is 7.99. The van der Waals surface area contributed by atoms with E-state index in [2.05, 4.69) is 10.0 Å². The number of ether oxygens (including phenoxy) is 1. The lowest BCUT2D eigenvalue weighted by Crippen LogP contribution is -2.47. The van der Waals surface area contributed by atoms with Crippen molar-refractivity contribution in [3.8, 4) is 0 Å². The summed E-state index contributed by atoms with van der Waals surface area (Å²) < 4.78 is 5.36. The summed E-state index contributed by atoms with van der Waals surface area (Å²) in [5.41, 5.74) is 6.50. The predicted octanol–water partition coefficient (Wildman–Crippen LogP) is 4.61. The van der Waals surface area contributed by atoms with E-state index in [1.54, 1.807) is 0 Å². The Balaban J connectivity index is 5.26. The van der Waals surface area contributed by atoms with Gasteiger partial charge in [-0.25, -0.2) is 0 Å². The second kappa shape index (κ2) is 7.10. The van der Waals surface area contributed by atoms with Crippen LogP contribution in [0, 0.1) is 10.8 Å². The monoisotopic (exact) mass is 327 g/mol. The molecule has 0 radical (unpaired) electrons. The van der Waals surface area contributed by atoms with Crippen LogP contribution in [0.4, 0.5) is 0 Å². The highest BCUT2D eigenvalue weighted by Crippen LogP contribution is 2.44. The van der Waals surface area contributed by atoms with Gasteiger partial charge < -0.3 is 9.84 Å². The minimum Gasteiger partial charge on any atom is -0.460 e. The molecule has 0 saturated carbocycles. The molecule has 0 aromatic heterocycles. The first-order valence-corrected chi connectivity index (χ1v) is 7.99. The van der Waals surface area contributed by atoms with E-state index in [0.717, 1.165) is 0 Å². The van der Waals surface area contributed by atoms with Crippen LogP contribution < -0.4 is 0 Å². The molecular formula is C17H33N3O3. The molecule has 0 aromatic rings. The Labute approximate surface area is 140 Å². The van der Waals surface area contributed by atoms with Gasteiger partial charge in [0.1, 0.15) is 5.60 Å². The third kappa shape index (κ3) is 7.23. The molecule has 134 valence electrons. The van der Waals surface area contributed by atoms with Gasteiger partial charge in [-0.1, -0.05) is 46.7 Å². The van der Waals surface area contributed by atoms with Gasteiger partial charge in [-0.2, -0.15) is 0 Å². The Morgan fingerprint density at radius 2 is 1.52 bits per heavy atom. The highest BCUT2D eigenvalue weighted by molar-refractivity contribution is 5.66. The van der Waals surface area contributed by atoms with E-state index in [1.807, 2.05) is 55.4 Å². The Kier molecular flexibility index (Phi) is 6.71. The van der Waals surface area contributed by atoms with Crippen LogP contribution in [0.15, 0.2) is 5.11 Å². The minimum atomic E-state index is -0.660. The summed E-state index contributed by atoms with van der Waals surface area (Å²) in [5, 5.41) is 14.8. The summed E-state index contributed by atoms with van der Waals surface area (Å²) in [4.78, 5) is 14.1. The Morgan fingerprint density at radius 3 is 1.91 bits per heavy atom. The molecule has 0 aromatic carbocycles. The molecule has 1 N–H and O–H groups in total. The van der Waals surface area contributed by atoms with Crippen LogP contribution in [-0.2, 0) is 9.53 Å². The third-order valence-corrected chi connectivity index (χ3v) is 3.99. The summed E-state index contributed by atoms with van der Waals surface area (Å²) >= 11 is 0. The largest absolute Gasteiger partial charge is 0.460 e. The molecule has 0 aliphatic carbocycles. The Hall–Kier alpha value is -1.26. The summed E-state index contributed by atoms with van der Waals surface area (Å²) in [7, 11) is 0. The fourth-order valence-corrected chi connectivity index (χ4v) is 4.04. The van der Waals surface area contributed by atoms with Crippen molar-refractivity contribution in [3.05, 3.63) is 10.4 Å². The van der Waals surface area contributed by atoms with E-state index < -0.39 is 28.1 Å². The fourth-order valence-electron chi connectivity index (χ4n) is 4.04. The Bertz CT molecular complexity index is 475. The molecule has 0 saturated heterocycles. The number of hydrogen-bond acceptors (Lipinski definition) is 4. The van der Waals surface area contributed by atoms with Gasteiger partial charge >= 0.3 is 5.97 Å². The number of aliphatic hydroxyl groups is 1. The normalized spacial score (nSPS) is 14.9. The van der Waals surface area contributed by atoms with Gasteiger partial charge in [0.05, 0.1) is 6.10 Å². The van der Waals surface area contributed by atoms with Crippen LogP contribution in [0.5, 0.6) is 0 Å². The van der Waals surface area contributed by atoms with Gasteiger partial charge in [0.25, 0.3) is 0 Å². The van der Waals surface area contributed by atoms with Crippen molar-refractivity contribution in [1.29, 1.82) is 0 Å². The lowest BCUT2D eigenvalue weighted by atomic mass is 9.64. The molecular weight excluding hydrogens is 294 g/mol. The molecule has 6 nitrogen and oxygen atoms in total. The molecule has 6 heteroatoms. The van der Waals surface area contributed by atoms with E-state index in [1.165, 1.54) is 6.92 Å². The van der Waals surface area contributed by atoms with Crippen LogP contribution in [0.2, 0.25) is 0 Å². The number of nitrogens with zero attached hydrogens (tertiary/aromatic N) is 3. The number of hydrogen-bond donors (Lipinski definition) is 1. The zero-order valence-electron chi connectivity index (χ0n) is 16.1. The first-order chi connectivity index (χ1) is 10.0. The maximum absolute atomic E-state index is 11.2. The third-order valence-electron chi connectivity index (χ3n) is 3.99. The van der Waals surface area contributed by atoms with Crippen molar-refractivity contribution >= 4 is 5.97 Å². The van der Waals surface area contributed by atoms with E-state index in [0.29, 0.717) is 12.8 Å². The fraction of sp³-hybridized carbons (Fsp3) is 0.941. The van der Waals surface area contributed by atoms with Crippen LogP contribution >= 0.6 is 0 Å². The first kappa shape index (κ1) is 21.7. The van der Waals surface area contributed by atoms with Crippen molar-refractivity contribution in [3.63, 3.8) is 0 Å². The van der Waals surface area contributed by atoms with Crippen molar-refractivity contribution in [1.82, 2.24) is 0 Å². The molecule has 1 atom stereocenters. The number of carbonyl (C=O) groups is 1. The average molecular weight is 327 g/mol. The smallest absolute Gasteiger partial charge is 0.303 e. The van der Waals surface area contributed by atoms with Gasteiger partial charge in [-0.15, -0.1) is 0 Å². The molecule has 0 spiro atoms. The number of esters is 1. The standard InChI is InChI=1S/C17H33N3O3/c1-12(21)23-17(8,9)11-15(4,5)13(22)14(2,3)10-16(6,7)19-20-18/h13,22H,10-11H2,1-9H3. The zero-order valence-corrected chi connectivity index (χ0v) is 16.1. The van der Waals surface area contributed by atoms with E-state index in [9.17, 15) is 9.90 Å². The number of carbonyl (C=O) groups excluding carboxylic acids is 1. The maximum Gasteiger partial charge on any atom is 0.303 e. The summed E-state index contributed by atoms with van der Waals surface area (Å²) in [6.07, 6.45) is 0.410. The second-order valence-electron chi connectivity index (χ2n) is 9.09. The molecule has 1 unspecified atom stereocenters. The summed E-state index contributed by atoms with van der Waals surface area (Å²) in [6, 6.07) is 0. The van der Waals surface area contributed by atoms with Gasteiger partial charge in [0, 0.05) is 17.4 Å². The van der Waals surface area contributed by atoms with Crippen LogP contribution in [-0.4, -0.2) is 28.3 Å². The number of rotatable bonds is 8. The van der Waals surface area contributed by atoms with Gasteiger partial charge in [-0.05, 0) is 43.1 Å². The Morgan fingerprint density at radius 1 is 1.09 bits per heavy atom. The van der Waals surface area contributed by atoms with E-state index >= 15 is 0 Å². The van der Waals surface area contributed by atoms with Crippen LogP contribution in [0.25, 0.3) is 10.4 Å². The number of aliphatic hydroxyl groups excluding tert-OH is 1. The highest BCUT2D eigenvalue weighted by atomic mass is 16.6. The van der Waals surface area contributed by atoms with Crippen molar-refractivity contribution in [2.45, 2.75) is 92.4 Å². The second-order valence-corrected chi connectivity index (χ2v) is 9.09. The predicted molar refractivity (Wildman–Crippen MR) is 91.9 cm³/mol. The minimum absolute atomic E-state index is 0.330. The molecule has 0 heterocycles. The van der Waals surface area contributed by atoms with E-state index in [-0.39, 0.29) is 5.97 Å². The summed E-state index contributed by atoms with van der Waals surface area (Å²) in [5.74, 6) is -0.330. The molecule has 0 bridgehead atoms. The van der Waals surface area contributed by atoms with E-state index in [4.69, 9.17) is 10.3 Å². The lowest BCUT2D eigenvalue weighted by molar-refractivity contribution is -0.160. The van der Waals surface area contributed by atoms with Crippen molar-refractivity contribution in [2.75, 3.05) is 0 Å². The van der Waals surface area contributed by atoms with Crippen LogP contribution in [0.1, 0.15) is 75.2 Å². The molecule has 23 heavy (non-hydrogen) atoms. The quantitative estimate of drug-likeness (QED) is 0.305. The highest BCUT2D eigenvalue weighted by Gasteiger charge is 2.45. The van der Waals surface area contributed by atoms with Gasteiger partial charge in [-0.3, -0.25) is 4.79 Å². The molecule has 0 aliphatic rings. The van der Waals surface area contributed by atoms with Crippen molar-refractivity contribution in [2.24, 2.45) is 15.9 Å². The average Bonchev–Trinajstić information content (AvgIpc) is 2.22. The lowest BCUT2D eigenvalue weighted by Gasteiger charge is -2.46.